The van der Waals surface area contributed by atoms with Gasteiger partial charge in [-0.05, 0) is 68.6 Å². The Bertz CT molecular complexity index is 247. The minimum atomic E-state index is 0.710. The van der Waals surface area contributed by atoms with Gasteiger partial charge in [-0.2, -0.15) is 12.6 Å². The molecule has 1 atom stereocenters. The van der Waals surface area contributed by atoms with Gasteiger partial charge in [0, 0.05) is 5.25 Å². The molecule has 0 amide bonds. The van der Waals surface area contributed by atoms with E-state index in [2.05, 4.69) is 26.5 Å². The maximum atomic E-state index is 4.65. The van der Waals surface area contributed by atoms with E-state index in [1.165, 1.54) is 77.0 Å². The average Bonchev–Trinajstić information content (AvgIpc) is 2.58. The Balaban J connectivity index is 0.00000116. The summed E-state index contributed by atoms with van der Waals surface area (Å²) in [4.78, 5) is 0. The van der Waals surface area contributed by atoms with E-state index in [-0.39, 0.29) is 0 Å². The van der Waals surface area contributed by atoms with Crippen LogP contribution in [0.5, 0.6) is 0 Å². The van der Waals surface area contributed by atoms with E-state index in [0.29, 0.717) is 5.25 Å². The van der Waals surface area contributed by atoms with Crippen LogP contribution >= 0.6 is 12.6 Å². The standard InChI is InChI=1S/C19H36S.C2H6/c1-3-5-15(4-2)14-16-6-8-17(9-7-16)18-10-12-19(20)13-11-18;1-2/h15-20H,3-14H2,1-2H3;1-2H3. The second-order valence-electron chi connectivity index (χ2n) is 7.65. The number of hydrogen-bond acceptors (Lipinski definition) is 1. The fourth-order valence-corrected chi connectivity index (χ4v) is 5.13. The van der Waals surface area contributed by atoms with Crippen molar-refractivity contribution in [2.45, 2.75) is 110 Å². The Labute approximate surface area is 146 Å². The van der Waals surface area contributed by atoms with Gasteiger partial charge in [-0.15, -0.1) is 0 Å². The van der Waals surface area contributed by atoms with Crippen LogP contribution < -0.4 is 0 Å². The molecule has 0 N–H and O–H groups in total. The SMILES string of the molecule is CC.CCCC(CC)CC1CCC(C2CCC(S)CC2)CC1. The molecule has 0 saturated heterocycles. The van der Waals surface area contributed by atoms with Gasteiger partial charge in [0.05, 0.1) is 0 Å². The van der Waals surface area contributed by atoms with Gasteiger partial charge in [-0.3, -0.25) is 0 Å². The van der Waals surface area contributed by atoms with Crippen molar-refractivity contribution >= 4 is 12.6 Å². The molecular formula is C21H42S. The zero-order valence-corrected chi connectivity index (χ0v) is 16.7. The maximum Gasteiger partial charge on any atom is 0.00170 e. The van der Waals surface area contributed by atoms with Crippen LogP contribution in [-0.2, 0) is 0 Å². The molecule has 1 unspecified atom stereocenters. The fraction of sp³-hybridized carbons (Fsp3) is 1.00. The van der Waals surface area contributed by atoms with Crippen molar-refractivity contribution in [3.8, 4) is 0 Å². The van der Waals surface area contributed by atoms with Crippen molar-refractivity contribution in [1.82, 2.24) is 0 Å². The van der Waals surface area contributed by atoms with Gasteiger partial charge in [0.1, 0.15) is 0 Å². The van der Waals surface area contributed by atoms with E-state index >= 15 is 0 Å². The second kappa shape index (κ2) is 11.8. The Morgan fingerprint density at radius 1 is 0.818 bits per heavy atom. The summed E-state index contributed by atoms with van der Waals surface area (Å²) >= 11 is 4.65. The first-order chi connectivity index (χ1) is 10.7. The van der Waals surface area contributed by atoms with Crippen LogP contribution in [-0.4, -0.2) is 5.25 Å². The lowest BCUT2D eigenvalue weighted by atomic mass is 9.69. The first kappa shape index (κ1) is 20.4. The molecule has 2 fully saturated rings. The van der Waals surface area contributed by atoms with Crippen molar-refractivity contribution in [2.24, 2.45) is 23.7 Å². The second-order valence-corrected chi connectivity index (χ2v) is 8.38. The summed E-state index contributed by atoms with van der Waals surface area (Å²) in [5, 5.41) is 0.710. The molecule has 2 rings (SSSR count). The number of hydrogen-bond donors (Lipinski definition) is 1. The van der Waals surface area contributed by atoms with E-state index in [4.69, 9.17) is 0 Å². The monoisotopic (exact) mass is 326 g/mol. The van der Waals surface area contributed by atoms with Gasteiger partial charge in [-0.1, -0.05) is 59.8 Å². The molecule has 2 aliphatic carbocycles. The molecule has 22 heavy (non-hydrogen) atoms. The molecular weight excluding hydrogens is 284 g/mol. The van der Waals surface area contributed by atoms with Crippen molar-refractivity contribution in [3.05, 3.63) is 0 Å². The molecule has 132 valence electrons. The molecule has 1 heteroatoms. The van der Waals surface area contributed by atoms with Crippen LogP contribution in [0.3, 0.4) is 0 Å². The van der Waals surface area contributed by atoms with Crippen LogP contribution in [0.1, 0.15) is 105 Å². The predicted octanol–water partition coefficient (Wildman–Crippen LogP) is 7.52. The lowest BCUT2D eigenvalue weighted by Gasteiger charge is -2.37. The molecule has 0 bridgehead atoms. The third kappa shape index (κ3) is 6.85. The van der Waals surface area contributed by atoms with Crippen LogP contribution in [0, 0.1) is 23.7 Å². The summed E-state index contributed by atoms with van der Waals surface area (Å²) in [6, 6.07) is 0. The van der Waals surface area contributed by atoms with E-state index in [1.54, 1.807) is 0 Å². The van der Waals surface area contributed by atoms with Gasteiger partial charge in [0.25, 0.3) is 0 Å². The first-order valence-corrected chi connectivity index (χ1v) is 10.9. The molecule has 0 radical (unpaired) electrons. The van der Waals surface area contributed by atoms with Crippen molar-refractivity contribution in [2.75, 3.05) is 0 Å². The van der Waals surface area contributed by atoms with Crippen LogP contribution in [0.4, 0.5) is 0 Å². The molecule has 0 spiro atoms. The largest absolute Gasteiger partial charge is 0.176 e. The lowest BCUT2D eigenvalue weighted by molar-refractivity contribution is 0.154. The van der Waals surface area contributed by atoms with Crippen molar-refractivity contribution in [1.29, 1.82) is 0 Å². The quantitative estimate of drug-likeness (QED) is 0.479. The van der Waals surface area contributed by atoms with Gasteiger partial charge in [-0.25, -0.2) is 0 Å². The molecule has 2 saturated carbocycles. The van der Waals surface area contributed by atoms with Crippen molar-refractivity contribution < 1.29 is 0 Å². The van der Waals surface area contributed by atoms with E-state index in [1.807, 2.05) is 13.8 Å². The van der Waals surface area contributed by atoms with E-state index in [9.17, 15) is 0 Å². The zero-order chi connectivity index (χ0) is 16.4. The smallest absolute Gasteiger partial charge is 0.00170 e. The third-order valence-electron chi connectivity index (χ3n) is 6.24. The highest BCUT2D eigenvalue weighted by atomic mass is 32.1. The Morgan fingerprint density at radius 2 is 1.32 bits per heavy atom. The summed E-state index contributed by atoms with van der Waals surface area (Å²) in [5.74, 6) is 4.19. The summed E-state index contributed by atoms with van der Waals surface area (Å²) in [6.45, 7) is 8.74. The highest BCUT2D eigenvalue weighted by molar-refractivity contribution is 7.80. The highest BCUT2D eigenvalue weighted by Gasteiger charge is 2.30. The first-order valence-electron chi connectivity index (χ1n) is 10.4. The molecule has 2 aliphatic rings. The molecule has 0 aromatic heterocycles. The Hall–Kier alpha value is 0.350. The van der Waals surface area contributed by atoms with Gasteiger partial charge < -0.3 is 0 Å². The van der Waals surface area contributed by atoms with Gasteiger partial charge in [0.15, 0.2) is 0 Å². The van der Waals surface area contributed by atoms with Crippen LogP contribution in [0.25, 0.3) is 0 Å². The third-order valence-corrected chi connectivity index (χ3v) is 6.76. The molecule has 0 aromatic carbocycles. The summed E-state index contributed by atoms with van der Waals surface area (Å²) in [6.07, 6.45) is 17.6. The van der Waals surface area contributed by atoms with Gasteiger partial charge >= 0.3 is 0 Å². The van der Waals surface area contributed by atoms with Crippen molar-refractivity contribution in [3.63, 3.8) is 0 Å². The van der Waals surface area contributed by atoms with Gasteiger partial charge in [0.2, 0.25) is 0 Å². The summed E-state index contributed by atoms with van der Waals surface area (Å²) in [7, 11) is 0. The topological polar surface area (TPSA) is 0 Å². The molecule has 0 nitrogen and oxygen atoms in total. The zero-order valence-electron chi connectivity index (χ0n) is 15.8. The lowest BCUT2D eigenvalue weighted by Crippen LogP contribution is -2.26. The minimum Gasteiger partial charge on any atom is -0.176 e. The Morgan fingerprint density at radius 3 is 1.77 bits per heavy atom. The van der Waals surface area contributed by atoms with Crippen LogP contribution in [0.2, 0.25) is 0 Å². The minimum absolute atomic E-state index is 0.710. The van der Waals surface area contributed by atoms with E-state index < -0.39 is 0 Å². The normalized spacial score (nSPS) is 33.7. The van der Waals surface area contributed by atoms with E-state index in [0.717, 1.165) is 23.7 Å². The summed E-state index contributed by atoms with van der Waals surface area (Å²) < 4.78 is 0. The number of rotatable bonds is 6. The average molecular weight is 327 g/mol. The maximum absolute atomic E-state index is 4.65. The molecule has 0 heterocycles. The number of thiol groups is 1. The van der Waals surface area contributed by atoms with Crippen LogP contribution in [0.15, 0.2) is 0 Å². The molecule has 0 aliphatic heterocycles. The fourth-order valence-electron chi connectivity index (χ4n) is 4.84. The Kier molecular flexibility index (Phi) is 11.0. The highest BCUT2D eigenvalue weighted by Crippen LogP contribution is 2.42. The predicted molar refractivity (Wildman–Crippen MR) is 105 cm³/mol. The summed E-state index contributed by atoms with van der Waals surface area (Å²) in [5.41, 5.74) is 0. The molecule has 0 aromatic rings.